The van der Waals surface area contributed by atoms with Gasteiger partial charge in [0.2, 0.25) is 5.95 Å². The molecule has 0 spiro atoms. The van der Waals surface area contributed by atoms with Crippen molar-refractivity contribution in [1.82, 2.24) is 29.5 Å². The van der Waals surface area contributed by atoms with Gasteiger partial charge >= 0.3 is 40.8 Å². The van der Waals surface area contributed by atoms with Crippen molar-refractivity contribution in [2.75, 3.05) is 0 Å². The molecule has 4 aromatic heterocycles. The van der Waals surface area contributed by atoms with Gasteiger partial charge in [-0.3, -0.25) is 0 Å². The van der Waals surface area contributed by atoms with Gasteiger partial charge in [-0.05, 0) is 47.2 Å². The summed E-state index contributed by atoms with van der Waals surface area (Å²) in [5.41, 5.74) is 9.62. The van der Waals surface area contributed by atoms with Crippen LogP contribution in [-0.4, -0.2) is 29.5 Å². The summed E-state index contributed by atoms with van der Waals surface area (Å²) in [5.74, 6) is 3.92. The summed E-state index contributed by atoms with van der Waals surface area (Å²) in [6.07, 6.45) is 6.68. The Bertz CT molecular complexity index is 2560. The summed E-state index contributed by atoms with van der Waals surface area (Å²) >= 11 is 0. The number of nitrogens with zero attached hydrogens (tertiary/aromatic N) is 6. The van der Waals surface area contributed by atoms with E-state index in [1.165, 1.54) is 23.8 Å². The molecule has 8 aromatic rings. The standard InChI is InChI=1S/C49H44N6O2.2Pd/c1-29(2)33-13-15-51-45(23-33)37-17-35(31(5)6)19-41(21-37)56-39-9-11-43-44-12-10-40(26-48(44)55(47(43)25-39)49-53-27-50-28-54-49)57-42-20-36(32(7)8)18-38(22-42)46-24-34(30(3)4)14-16-52-46;;/h9-20,23-24,27-32H,1-8H3;;/q-4;2*+2. The number of fused-ring (bicyclic) bond motifs is 3. The first-order valence-corrected chi connectivity index (χ1v) is 19.5. The molecule has 4 aromatic carbocycles. The SMILES string of the molecule is CC(C)c1cc(Oc2[c-]c3c(cc2)c2ccc(Oc4[c-]c(-c5cc(C(C)C)ccn5)cc(C(C)C)c4)[c-]c2n3-c2ncncn2)[c-]c(-c2cc(C(C)C)ccn2)c1.[Pd+2].[Pd+2]. The molecule has 0 aliphatic heterocycles. The summed E-state index contributed by atoms with van der Waals surface area (Å²) in [5, 5.41) is 1.87. The van der Waals surface area contributed by atoms with Crippen LogP contribution in [0, 0.1) is 24.3 Å². The zero-order valence-electron chi connectivity index (χ0n) is 34.2. The maximum Gasteiger partial charge on any atom is 2.00 e. The fourth-order valence-corrected chi connectivity index (χ4v) is 6.82. The molecule has 0 aliphatic rings. The third-order valence-electron chi connectivity index (χ3n) is 10.2. The smallest absolute Gasteiger partial charge is 0.503 e. The van der Waals surface area contributed by atoms with Crippen LogP contribution in [0.25, 0.3) is 50.3 Å². The van der Waals surface area contributed by atoms with Crippen molar-refractivity contribution < 1.29 is 50.3 Å². The quantitative estimate of drug-likeness (QED) is 0.0942. The number of rotatable bonds is 11. The second-order valence-electron chi connectivity index (χ2n) is 15.6. The molecular weight excluding hydrogens is 917 g/mol. The van der Waals surface area contributed by atoms with E-state index in [0.29, 0.717) is 40.8 Å². The van der Waals surface area contributed by atoms with Gasteiger partial charge in [-0.1, -0.05) is 114 Å². The number of benzene rings is 4. The molecule has 302 valence electrons. The largest absolute Gasteiger partial charge is 2.00 e. The second kappa shape index (κ2) is 18.5. The summed E-state index contributed by atoms with van der Waals surface area (Å²) < 4.78 is 15.0. The molecule has 8 rings (SSSR count). The molecule has 0 fully saturated rings. The Labute approximate surface area is 374 Å². The first kappa shape index (κ1) is 43.5. The van der Waals surface area contributed by atoms with E-state index >= 15 is 0 Å². The molecule has 59 heavy (non-hydrogen) atoms. The second-order valence-corrected chi connectivity index (χ2v) is 15.6. The van der Waals surface area contributed by atoms with Gasteiger partial charge in [-0.15, -0.1) is 58.7 Å². The summed E-state index contributed by atoms with van der Waals surface area (Å²) in [6, 6.07) is 38.6. The summed E-state index contributed by atoms with van der Waals surface area (Å²) in [7, 11) is 0. The zero-order valence-corrected chi connectivity index (χ0v) is 37.3. The van der Waals surface area contributed by atoms with Gasteiger partial charge in [0.25, 0.3) is 0 Å². The van der Waals surface area contributed by atoms with Crippen molar-refractivity contribution in [3.63, 3.8) is 0 Å². The van der Waals surface area contributed by atoms with Gasteiger partial charge in [0.1, 0.15) is 12.7 Å². The number of hydrogen-bond donors (Lipinski definition) is 0. The Hall–Kier alpha value is -5.09. The predicted octanol–water partition coefficient (Wildman–Crippen LogP) is 12.4. The van der Waals surface area contributed by atoms with Crippen LogP contribution in [0.1, 0.15) is 101 Å². The van der Waals surface area contributed by atoms with Crippen LogP contribution >= 0.6 is 0 Å². The van der Waals surface area contributed by atoms with Crippen molar-refractivity contribution in [2.45, 2.75) is 79.1 Å². The van der Waals surface area contributed by atoms with Gasteiger partial charge in [0, 0.05) is 35.4 Å². The van der Waals surface area contributed by atoms with Gasteiger partial charge in [-0.25, -0.2) is 15.0 Å². The van der Waals surface area contributed by atoms with Crippen LogP contribution in [0.15, 0.2) is 97.8 Å². The van der Waals surface area contributed by atoms with Crippen LogP contribution < -0.4 is 9.47 Å². The topological polar surface area (TPSA) is 87.8 Å². The fraction of sp³-hybridized carbons (Fsp3) is 0.245. The molecule has 0 unspecified atom stereocenters. The Morgan fingerprint density at radius 3 is 1.29 bits per heavy atom. The number of pyridine rings is 2. The number of hydrogen-bond acceptors (Lipinski definition) is 7. The molecule has 10 heteroatoms. The number of aromatic nitrogens is 6. The van der Waals surface area contributed by atoms with Gasteiger partial charge in [0.05, 0.1) is 0 Å². The Kier molecular flexibility index (Phi) is 13.6. The maximum atomic E-state index is 6.56. The minimum Gasteiger partial charge on any atom is -0.503 e. The summed E-state index contributed by atoms with van der Waals surface area (Å²) in [6.45, 7) is 17.4. The van der Waals surface area contributed by atoms with Crippen LogP contribution in [0.2, 0.25) is 0 Å². The third-order valence-corrected chi connectivity index (χ3v) is 10.2. The third kappa shape index (κ3) is 9.38. The van der Waals surface area contributed by atoms with E-state index in [1.54, 1.807) is 0 Å². The maximum absolute atomic E-state index is 6.56. The van der Waals surface area contributed by atoms with Gasteiger partial charge in [0.15, 0.2) is 0 Å². The molecule has 0 saturated heterocycles. The van der Waals surface area contributed by atoms with Crippen LogP contribution in [0.5, 0.6) is 23.0 Å². The average Bonchev–Trinajstić information content (AvgIpc) is 3.53. The van der Waals surface area contributed by atoms with E-state index in [2.05, 4.69) is 141 Å². The van der Waals surface area contributed by atoms with E-state index in [-0.39, 0.29) is 52.7 Å². The van der Waals surface area contributed by atoms with Crippen molar-refractivity contribution in [1.29, 1.82) is 0 Å². The molecule has 0 radical (unpaired) electrons. The van der Waals surface area contributed by atoms with Crippen LogP contribution in [0.4, 0.5) is 0 Å². The molecule has 0 aliphatic carbocycles. The van der Waals surface area contributed by atoms with Crippen molar-refractivity contribution in [3.8, 4) is 51.5 Å². The monoisotopic (exact) mass is 960 g/mol. The minimum absolute atomic E-state index is 0. The molecule has 0 N–H and O–H groups in total. The molecule has 4 heterocycles. The zero-order chi connectivity index (χ0) is 39.8. The normalized spacial score (nSPS) is 11.4. The molecular formula is C49H44N6O2Pd2. The molecule has 0 amide bonds. The Morgan fingerprint density at radius 2 is 0.881 bits per heavy atom. The van der Waals surface area contributed by atoms with E-state index in [4.69, 9.17) is 9.47 Å². The van der Waals surface area contributed by atoms with Crippen LogP contribution in [-0.2, 0) is 40.8 Å². The average molecular weight is 962 g/mol. The van der Waals surface area contributed by atoms with Gasteiger partial charge < -0.3 is 24.0 Å². The van der Waals surface area contributed by atoms with E-state index in [9.17, 15) is 0 Å². The van der Waals surface area contributed by atoms with E-state index in [0.717, 1.165) is 55.4 Å². The Balaban J connectivity index is 0.00000293. The first-order chi connectivity index (χ1) is 27.5. The van der Waals surface area contributed by atoms with Crippen molar-refractivity contribution >= 4 is 21.8 Å². The molecule has 0 bridgehead atoms. The van der Waals surface area contributed by atoms with Crippen LogP contribution in [0.3, 0.4) is 0 Å². The molecule has 0 saturated carbocycles. The molecule has 8 nitrogen and oxygen atoms in total. The van der Waals surface area contributed by atoms with Crippen molar-refractivity contribution in [2.24, 2.45) is 0 Å². The van der Waals surface area contributed by atoms with E-state index < -0.39 is 0 Å². The number of ether oxygens (including phenoxy) is 2. The van der Waals surface area contributed by atoms with Gasteiger partial charge in [-0.2, -0.15) is 22.9 Å². The molecule has 0 atom stereocenters. The van der Waals surface area contributed by atoms with Crippen molar-refractivity contribution in [3.05, 3.63) is 144 Å². The Morgan fingerprint density at radius 1 is 0.458 bits per heavy atom. The van der Waals surface area contributed by atoms with E-state index in [1.807, 2.05) is 53.4 Å². The summed E-state index contributed by atoms with van der Waals surface area (Å²) in [4.78, 5) is 22.5. The fourth-order valence-electron chi connectivity index (χ4n) is 6.82. The predicted molar refractivity (Wildman–Crippen MR) is 225 cm³/mol. The first-order valence-electron chi connectivity index (χ1n) is 19.5. The minimum atomic E-state index is 0.